The van der Waals surface area contributed by atoms with Gasteiger partial charge in [-0.05, 0) is 49.1 Å². The van der Waals surface area contributed by atoms with Gasteiger partial charge in [-0.15, -0.1) is 0 Å². The number of fused-ring (bicyclic) bond motifs is 1. The standard InChI is InChI=1S/C17H19NO/c1-11-4-3-5-14(8-11)17-16-10-15(19)7-6-13(16)9-12(2)18-17/h3-8,10,12,17-19H,9H2,1-2H3. The average Bonchev–Trinajstić information content (AvgIpc) is 2.38. The molecule has 19 heavy (non-hydrogen) atoms. The molecule has 2 heteroatoms. The highest BCUT2D eigenvalue weighted by Crippen LogP contribution is 2.33. The van der Waals surface area contributed by atoms with Crippen molar-refractivity contribution < 1.29 is 5.11 Å². The molecule has 98 valence electrons. The lowest BCUT2D eigenvalue weighted by Gasteiger charge is -2.32. The number of aryl methyl sites for hydroxylation is 1. The summed E-state index contributed by atoms with van der Waals surface area (Å²) in [5, 5.41) is 13.4. The van der Waals surface area contributed by atoms with Crippen molar-refractivity contribution in [2.24, 2.45) is 0 Å². The number of nitrogens with one attached hydrogen (secondary N) is 1. The molecular formula is C17H19NO. The third-order valence-electron chi connectivity index (χ3n) is 3.79. The lowest BCUT2D eigenvalue weighted by atomic mass is 9.86. The van der Waals surface area contributed by atoms with E-state index >= 15 is 0 Å². The molecule has 2 atom stereocenters. The number of rotatable bonds is 1. The topological polar surface area (TPSA) is 32.3 Å². The van der Waals surface area contributed by atoms with Crippen molar-refractivity contribution in [3.8, 4) is 5.75 Å². The molecule has 1 aliphatic heterocycles. The van der Waals surface area contributed by atoms with E-state index in [2.05, 4.69) is 43.4 Å². The van der Waals surface area contributed by atoms with Gasteiger partial charge in [0.15, 0.2) is 0 Å². The highest BCUT2D eigenvalue weighted by atomic mass is 16.3. The van der Waals surface area contributed by atoms with Gasteiger partial charge in [0.05, 0.1) is 6.04 Å². The fraction of sp³-hybridized carbons (Fsp3) is 0.294. The van der Waals surface area contributed by atoms with Crippen LogP contribution >= 0.6 is 0 Å². The van der Waals surface area contributed by atoms with E-state index in [1.54, 1.807) is 6.07 Å². The van der Waals surface area contributed by atoms with Gasteiger partial charge < -0.3 is 10.4 Å². The highest BCUT2D eigenvalue weighted by Gasteiger charge is 2.25. The average molecular weight is 253 g/mol. The summed E-state index contributed by atoms with van der Waals surface area (Å²) in [6.07, 6.45) is 1.01. The van der Waals surface area contributed by atoms with Crippen molar-refractivity contribution in [3.05, 3.63) is 64.7 Å². The molecular weight excluding hydrogens is 234 g/mol. The molecule has 2 nitrogen and oxygen atoms in total. The lowest BCUT2D eigenvalue weighted by molar-refractivity contribution is 0.450. The molecule has 0 aromatic heterocycles. The first-order chi connectivity index (χ1) is 9.13. The summed E-state index contributed by atoms with van der Waals surface area (Å²) in [6, 6.07) is 14.9. The van der Waals surface area contributed by atoms with Crippen LogP contribution in [0.5, 0.6) is 5.75 Å². The summed E-state index contributed by atoms with van der Waals surface area (Å²) in [5.41, 5.74) is 5.05. The van der Waals surface area contributed by atoms with Gasteiger partial charge in [0.1, 0.15) is 5.75 Å². The van der Waals surface area contributed by atoms with Crippen LogP contribution in [0.3, 0.4) is 0 Å². The second kappa shape index (κ2) is 4.71. The van der Waals surface area contributed by atoms with Gasteiger partial charge in [0.25, 0.3) is 0 Å². The quantitative estimate of drug-likeness (QED) is 0.817. The number of aromatic hydroxyl groups is 1. The summed E-state index contributed by atoms with van der Waals surface area (Å²) in [4.78, 5) is 0. The zero-order valence-corrected chi connectivity index (χ0v) is 11.4. The Morgan fingerprint density at radius 2 is 2.00 bits per heavy atom. The van der Waals surface area contributed by atoms with Crippen LogP contribution in [0.25, 0.3) is 0 Å². The van der Waals surface area contributed by atoms with Crippen molar-refractivity contribution in [2.45, 2.75) is 32.4 Å². The predicted octanol–water partition coefficient (Wildman–Crippen LogP) is 3.32. The van der Waals surface area contributed by atoms with E-state index in [1.807, 2.05) is 12.1 Å². The smallest absolute Gasteiger partial charge is 0.115 e. The Morgan fingerprint density at radius 1 is 1.16 bits per heavy atom. The lowest BCUT2D eigenvalue weighted by Crippen LogP contribution is -2.37. The molecule has 0 spiro atoms. The van der Waals surface area contributed by atoms with Gasteiger partial charge >= 0.3 is 0 Å². The van der Waals surface area contributed by atoms with Crippen molar-refractivity contribution in [1.29, 1.82) is 0 Å². The van der Waals surface area contributed by atoms with E-state index in [4.69, 9.17) is 0 Å². The van der Waals surface area contributed by atoms with E-state index < -0.39 is 0 Å². The summed E-state index contributed by atoms with van der Waals surface area (Å²) in [6.45, 7) is 4.32. The maximum Gasteiger partial charge on any atom is 0.115 e. The number of phenolic OH excluding ortho intramolecular Hbond substituents is 1. The Labute approximate surface area is 114 Å². The number of hydrogen-bond donors (Lipinski definition) is 2. The minimum Gasteiger partial charge on any atom is -0.508 e. The largest absolute Gasteiger partial charge is 0.508 e. The monoisotopic (exact) mass is 253 g/mol. The molecule has 2 unspecified atom stereocenters. The van der Waals surface area contributed by atoms with E-state index in [0.717, 1.165) is 6.42 Å². The molecule has 0 radical (unpaired) electrons. The van der Waals surface area contributed by atoms with Gasteiger partial charge in [-0.1, -0.05) is 35.9 Å². The molecule has 0 bridgehead atoms. The van der Waals surface area contributed by atoms with Crippen molar-refractivity contribution in [3.63, 3.8) is 0 Å². The third kappa shape index (κ3) is 2.36. The summed E-state index contributed by atoms with van der Waals surface area (Å²) in [5.74, 6) is 0.341. The Kier molecular flexibility index (Phi) is 3.03. The molecule has 0 aliphatic carbocycles. The fourth-order valence-corrected chi connectivity index (χ4v) is 2.93. The van der Waals surface area contributed by atoms with Crippen LogP contribution in [0.4, 0.5) is 0 Å². The molecule has 2 aromatic rings. The first kappa shape index (κ1) is 12.2. The van der Waals surface area contributed by atoms with Crippen molar-refractivity contribution >= 4 is 0 Å². The second-order valence-electron chi connectivity index (χ2n) is 5.50. The summed E-state index contributed by atoms with van der Waals surface area (Å²) in [7, 11) is 0. The zero-order valence-electron chi connectivity index (χ0n) is 11.4. The first-order valence-corrected chi connectivity index (χ1v) is 6.78. The van der Waals surface area contributed by atoms with Gasteiger partial charge in [0.2, 0.25) is 0 Å². The molecule has 0 amide bonds. The number of phenols is 1. The molecule has 0 fully saturated rings. The molecule has 2 aromatic carbocycles. The van der Waals surface area contributed by atoms with E-state index in [9.17, 15) is 5.11 Å². The Morgan fingerprint density at radius 3 is 2.79 bits per heavy atom. The fourth-order valence-electron chi connectivity index (χ4n) is 2.93. The number of benzene rings is 2. The molecule has 1 aliphatic rings. The Bertz CT molecular complexity index is 606. The molecule has 2 N–H and O–H groups in total. The van der Waals surface area contributed by atoms with Crippen LogP contribution in [0.2, 0.25) is 0 Å². The van der Waals surface area contributed by atoms with Crippen LogP contribution in [-0.2, 0) is 6.42 Å². The SMILES string of the molecule is Cc1cccc(C2NC(C)Cc3ccc(O)cc32)c1. The highest BCUT2D eigenvalue weighted by molar-refractivity contribution is 5.44. The van der Waals surface area contributed by atoms with E-state index in [-0.39, 0.29) is 6.04 Å². The van der Waals surface area contributed by atoms with Crippen molar-refractivity contribution in [2.75, 3.05) is 0 Å². The van der Waals surface area contributed by atoms with Gasteiger partial charge in [-0.2, -0.15) is 0 Å². The van der Waals surface area contributed by atoms with Gasteiger partial charge in [-0.25, -0.2) is 0 Å². The Balaban J connectivity index is 2.10. The first-order valence-electron chi connectivity index (χ1n) is 6.78. The van der Waals surface area contributed by atoms with Crippen LogP contribution in [0.15, 0.2) is 42.5 Å². The number of hydrogen-bond acceptors (Lipinski definition) is 2. The summed E-state index contributed by atoms with van der Waals surface area (Å²) >= 11 is 0. The predicted molar refractivity (Wildman–Crippen MR) is 77.4 cm³/mol. The minimum atomic E-state index is 0.172. The van der Waals surface area contributed by atoms with E-state index in [0.29, 0.717) is 11.8 Å². The van der Waals surface area contributed by atoms with Gasteiger partial charge in [0, 0.05) is 6.04 Å². The maximum absolute atomic E-state index is 9.75. The van der Waals surface area contributed by atoms with Crippen molar-refractivity contribution in [1.82, 2.24) is 5.32 Å². The maximum atomic E-state index is 9.75. The summed E-state index contributed by atoms with van der Waals surface area (Å²) < 4.78 is 0. The Hall–Kier alpha value is -1.80. The molecule has 0 saturated carbocycles. The third-order valence-corrected chi connectivity index (χ3v) is 3.79. The van der Waals surface area contributed by atoms with Crippen LogP contribution < -0.4 is 5.32 Å². The van der Waals surface area contributed by atoms with Crippen LogP contribution in [-0.4, -0.2) is 11.1 Å². The normalized spacial score (nSPS) is 22.0. The second-order valence-corrected chi connectivity index (χ2v) is 5.50. The molecule has 0 saturated heterocycles. The molecule has 3 rings (SSSR count). The van der Waals surface area contributed by atoms with E-state index in [1.165, 1.54) is 22.3 Å². The molecule has 1 heterocycles. The zero-order chi connectivity index (χ0) is 13.4. The van der Waals surface area contributed by atoms with Gasteiger partial charge in [-0.3, -0.25) is 0 Å². The van der Waals surface area contributed by atoms with Crippen LogP contribution in [0.1, 0.15) is 35.2 Å². The van der Waals surface area contributed by atoms with Crippen LogP contribution in [0, 0.1) is 6.92 Å². The minimum absolute atomic E-state index is 0.172.